The molecule has 0 amide bonds. The fourth-order valence-corrected chi connectivity index (χ4v) is 1.06. The van der Waals surface area contributed by atoms with E-state index in [1.54, 1.807) is 12.1 Å². The van der Waals surface area contributed by atoms with E-state index in [2.05, 4.69) is 11.6 Å². The quantitative estimate of drug-likeness (QED) is 0.669. The highest BCUT2D eigenvalue weighted by molar-refractivity contribution is 6.32. The van der Waals surface area contributed by atoms with Crippen molar-refractivity contribution in [1.29, 1.82) is 0 Å². The molecule has 0 heterocycles. The van der Waals surface area contributed by atoms with Gasteiger partial charge in [0, 0.05) is 5.02 Å². The van der Waals surface area contributed by atoms with Crippen LogP contribution in [-0.4, -0.2) is 5.38 Å². The van der Waals surface area contributed by atoms with E-state index in [1.165, 1.54) is 12.1 Å². The molecule has 1 aromatic carbocycles. The predicted molar refractivity (Wildman–Crippen MR) is 51.3 cm³/mol. The van der Waals surface area contributed by atoms with Gasteiger partial charge < -0.3 is 0 Å². The van der Waals surface area contributed by atoms with E-state index in [1.807, 2.05) is 0 Å². The second-order valence-electron chi connectivity index (χ2n) is 2.51. The number of rotatable bonds is 2. The Hall–Kier alpha value is -0.670. The summed E-state index contributed by atoms with van der Waals surface area (Å²) >= 11 is 10.1. The molecule has 5 heteroatoms. The van der Waals surface area contributed by atoms with Gasteiger partial charge in [-0.3, -0.25) is 0 Å². The van der Waals surface area contributed by atoms with Crippen LogP contribution in [0.25, 0.3) is 6.08 Å². The Labute approximate surface area is 88.9 Å². The second kappa shape index (κ2) is 4.24. The summed E-state index contributed by atoms with van der Waals surface area (Å²) in [6.45, 7) is 0. The van der Waals surface area contributed by atoms with Gasteiger partial charge in [0.15, 0.2) is 5.83 Å². The van der Waals surface area contributed by atoms with Crippen LogP contribution in [0.4, 0.5) is 13.2 Å². The first kappa shape index (κ1) is 11.4. The first-order chi connectivity index (χ1) is 6.41. The Bertz CT molecular complexity index is 355. The minimum atomic E-state index is -3.99. The number of allylic oxidation sites excluding steroid dienone is 1. The minimum Gasteiger partial charge on any atom is -0.204 e. The topological polar surface area (TPSA) is 0 Å². The molecule has 0 aliphatic carbocycles. The van der Waals surface area contributed by atoms with Crippen molar-refractivity contribution in [2.75, 3.05) is 0 Å². The van der Waals surface area contributed by atoms with Crippen LogP contribution >= 0.6 is 23.2 Å². The van der Waals surface area contributed by atoms with Crippen molar-refractivity contribution in [3.05, 3.63) is 40.7 Å². The third-order valence-electron chi connectivity index (χ3n) is 1.46. The monoisotopic (exact) mass is 240 g/mol. The van der Waals surface area contributed by atoms with Crippen LogP contribution in [0.3, 0.4) is 0 Å². The van der Waals surface area contributed by atoms with Gasteiger partial charge in [-0.2, -0.15) is 8.78 Å². The zero-order valence-corrected chi connectivity index (χ0v) is 8.29. The summed E-state index contributed by atoms with van der Waals surface area (Å²) in [5, 5.41) is -3.80. The first-order valence-corrected chi connectivity index (χ1v) is 4.36. The van der Waals surface area contributed by atoms with Crippen LogP contribution < -0.4 is 0 Å². The molecular weight excluding hydrogens is 236 g/mol. The number of hydrogen-bond donors (Lipinski definition) is 0. The van der Waals surface area contributed by atoms with Crippen molar-refractivity contribution in [2.24, 2.45) is 0 Å². The molecule has 0 unspecified atom stereocenters. The first-order valence-electron chi connectivity index (χ1n) is 3.60. The molecule has 0 spiro atoms. The fraction of sp³-hybridized carbons (Fsp3) is 0.111. The molecule has 76 valence electrons. The maximum Gasteiger partial charge on any atom is 0.373 e. The minimum absolute atomic E-state index is 0.159. The van der Waals surface area contributed by atoms with Gasteiger partial charge in [0.2, 0.25) is 0 Å². The Morgan fingerprint density at radius 3 is 2.36 bits per heavy atom. The summed E-state index contributed by atoms with van der Waals surface area (Å²) in [5.74, 6) is -1.73. The van der Waals surface area contributed by atoms with Gasteiger partial charge in [0.05, 0.1) is 0 Å². The van der Waals surface area contributed by atoms with Crippen LogP contribution in [0.5, 0.6) is 0 Å². The van der Waals surface area contributed by atoms with Gasteiger partial charge in [0.25, 0.3) is 0 Å². The molecule has 0 atom stereocenters. The molecule has 0 bridgehead atoms. The molecule has 0 nitrogen and oxygen atoms in total. The summed E-state index contributed by atoms with van der Waals surface area (Å²) in [4.78, 5) is 0. The third kappa shape index (κ3) is 2.93. The molecule has 14 heavy (non-hydrogen) atoms. The van der Waals surface area contributed by atoms with E-state index in [0.717, 1.165) is 0 Å². The molecular formula is C9H5Cl2F3. The fourth-order valence-electron chi connectivity index (χ4n) is 0.811. The lowest BCUT2D eigenvalue weighted by Crippen LogP contribution is -2.05. The summed E-state index contributed by atoms with van der Waals surface area (Å²) in [5.41, 5.74) is 0.159. The number of alkyl halides is 3. The zero-order chi connectivity index (χ0) is 10.8. The molecule has 0 fully saturated rings. The molecule has 0 aliphatic heterocycles. The molecule has 0 aliphatic rings. The van der Waals surface area contributed by atoms with Gasteiger partial charge in [-0.15, -0.1) is 0 Å². The van der Waals surface area contributed by atoms with Crippen molar-refractivity contribution >= 4 is 29.3 Å². The smallest absolute Gasteiger partial charge is 0.204 e. The van der Waals surface area contributed by atoms with Crippen molar-refractivity contribution in [1.82, 2.24) is 0 Å². The number of halogens is 5. The number of benzene rings is 1. The SMILES string of the molecule is F/C(=C\c1ccccc1Cl)C(F)(F)Cl. The predicted octanol–water partition coefficient (Wildman–Crippen LogP) is 4.48. The van der Waals surface area contributed by atoms with Crippen LogP contribution in [-0.2, 0) is 0 Å². The van der Waals surface area contributed by atoms with Gasteiger partial charge in [-0.25, -0.2) is 4.39 Å². The largest absolute Gasteiger partial charge is 0.373 e. The molecule has 0 saturated carbocycles. The van der Waals surface area contributed by atoms with Gasteiger partial charge in [-0.05, 0) is 29.3 Å². The van der Waals surface area contributed by atoms with Crippen LogP contribution in [0.1, 0.15) is 5.56 Å². The van der Waals surface area contributed by atoms with E-state index in [0.29, 0.717) is 6.08 Å². The van der Waals surface area contributed by atoms with E-state index < -0.39 is 11.2 Å². The van der Waals surface area contributed by atoms with E-state index in [9.17, 15) is 13.2 Å². The van der Waals surface area contributed by atoms with Crippen molar-refractivity contribution < 1.29 is 13.2 Å². The van der Waals surface area contributed by atoms with Crippen LogP contribution in [0.15, 0.2) is 30.1 Å². The second-order valence-corrected chi connectivity index (χ2v) is 3.39. The van der Waals surface area contributed by atoms with Gasteiger partial charge in [0.1, 0.15) is 0 Å². The lowest BCUT2D eigenvalue weighted by Gasteiger charge is -2.04. The molecule has 1 rings (SSSR count). The average Bonchev–Trinajstić information content (AvgIpc) is 2.07. The summed E-state index contributed by atoms with van der Waals surface area (Å²) in [6.07, 6.45) is 0.606. The van der Waals surface area contributed by atoms with Gasteiger partial charge >= 0.3 is 5.38 Å². The Kier molecular flexibility index (Phi) is 3.45. The Morgan fingerprint density at radius 1 is 1.29 bits per heavy atom. The number of hydrogen-bond acceptors (Lipinski definition) is 0. The Balaban J connectivity index is 3.04. The highest BCUT2D eigenvalue weighted by Crippen LogP contribution is 2.32. The van der Waals surface area contributed by atoms with Gasteiger partial charge in [-0.1, -0.05) is 29.8 Å². The summed E-state index contributed by atoms with van der Waals surface area (Å²) in [7, 11) is 0. The average molecular weight is 241 g/mol. The lowest BCUT2D eigenvalue weighted by atomic mass is 10.2. The van der Waals surface area contributed by atoms with E-state index >= 15 is 0 Å². The molecule has 0 N–H and O–H groups in total. The highest BCUT2D eigenvalue weighted by Gasteiger charge is 2.31. The summed E-state index contributed by atoms with van der Waals surface area (Å²) in [6, 6.07) is 6.03. The van der Waals surface area contributed by atoms with Crippen molar-refractivity contribution in [3.63, 3.8) is 0 Å². The molecule has 0 aromatic heterocycles. The van der Waals surface area contributed by atoms with Crippen LogP contribution in [0.2, 0.25) is 5.02 Å². The Morgan fingerprint density at radius 2 is 1.86 bits per heavy atom. The zero-order valence-electron chi connectivity index (χ0n) is 6.78. The van der Waals surface area contributed by atoms with Crippen LogP contribution in [0, 0.1) is 0 Å². The van der Waals surface area contributed by atoms with E-state index in [4.69, 9.17) is 11.6 Å². The lowest BCUT2D eigenvalue weighted by molar-refractivity contribution is 0.112. The van der Waals surface area contributed by atoms with E-state index in [-0.39, 0.29) is 10.6 Å². The van der Waals surface area contributed by atoms with Crippen molar-refractivity contribution in [2.45, 2.75) is 5.38 Å². The molecule has 0 saturated heterocycles. The molecule has 1 aromatic rings. The molecule has 0 radical (unpaired) electrons. The van der Waals surface area contributed by atoms with Crippen molar-refractivity contribution in [3.8, 4) is 0 Å². The third-order valence-corrected chi connectivity index (χ3v) is 1.98. The summed E-state index contributed by atoms with van der Waals surface area (Å²) < 4.78 is 37.1. The normalized spacial score (nSPS) is 13.1. The maximum absolute atomic E-state index is 12.7. The standard InChI is InChI=1S/C9H5Cl2F3/c10-7-4-2-1-3-6(7)5-8(12)9(11,13)14/h1-5H/b8-5-. The highest BCUT2D eigenvalue weighted by atomic mass is 35.5. The maximum atomic E-state index is 12.7.